The van der Waals surface area contributed by atoms with Gasteiger partial charge in [-0.05, 0) is 58.6 Å². The van der Waals surface area contributed by atoms with E-state index >= 15 is 0 Å². The van der Waals surface area contributed by atoms with Crippen LogP contribution < -0.4 is 16.3 Å². The molecule has 1 atom stereocenters. The molecule has 4 heterocycles. The third-order valence-electron chi connectivity index (χ3n) is 8.81. The number of halogens is 4. The topological polar surface area (TPSA) is 143 Å². The number of nitrogens with two attached hydrogens (primary N) is 1. The Kier molecular flexibility index (Phi) is 9.94. The SMILES string of the molecule is Nc1c(Br)cc(C[C@@H](OC(=O)N2CCC(n3nc(-c4ccccc4)[nH]c3=O)CC2)C(=O)N2CCN(c3ccncc3)CC2)cc1C(F)(F)F. The molecule has 2 aromatic carbocycles. The highest BCUT2D eigenvalue weighted by Gasteiger charge is 2.37. The maximum Gasteiger partial charge on any atom is 0.418 e. The summed E-state index contributed by atoms with van der Waals surface area (Å²) in [7, 11) is 0. The molecule has 0 unspecified atom stereocenters. The number of benzene rings is 2. The standard InChI is InChI=1S/C33H34BrF3N8O4/c34-26-19-21(18-25(28(26)38)33(35,36)37)20-27(30(46)43-16-14-42(15-17-43)23-6-10-39-11-7-23)49-32(48)44-12-8-24(9-13-44)45-31(47)40-29(41-45)22-4-2-1-3-5-22/h1-7,10-11,18-19,24,27H,8-9,12-17,20,38H2,(H,40,41,47)/t27-/m1/s1. The second-order valence-electron chi connectivity index (χ2n) is 11.9. The number of hydrogen-bond acceptors (Lipinski definition) is 8. The number of alkyl halides is 3. The monoisotopic (exact) mass is 742 g/mol. The lowest BCUT2D eigenvalue weighted by atomic mass is 10.0. The van der Waals surface area contributed by atoms with Crippen LogP contribution in [0.3, 0.4) is 0 Å². The average molecular weight is 744 g/mol. The maximum atomic E-state index is 13.9. The Bertz CT molecular complexity index is 1840. The van der Waals surface area contributed by atoms with Crippen LogP contribution in [0.15, 0.2) is 76.3 Å². The summed E-state index contributed by atoms with van der Waals surface area (Å²) in [5.74, 6) is -0.0611. The molecule has 2 saturated heterocycles. The number of carbonyl (C=O) groups is 2. The number of carbonyl (C=O) groups excluding carboxylic acids is 2. The second kappa shape index (κ2) is 14.3. The Morgan fingerprint density at radius 3 is 2.31 bits per heavy atom. The molecule has 258 valence electrons. The van der Waals surface area contributed by atoms with E-state index < -0.39 is 35.5 Å². The number of likely N-dealkylation sites (tertiary alicyclic amines) is 1. The maximum absolute atomic E-state index is 13.9. The van der Waals surface area contributed by atoms with Crippen LogP contribution in [0.25, 0.3) is 11.4 Å². The highest BCUT2D eigenvalue weighted by Crippen LogP contribution is 2.38. The molecule has 0 radical (unpaired) electrons. The van der Waals surface area contributed by atoms with Gasteiger partial charge in [0.05, 0.1) is 17.3 Å². The van der Waals surface area contributed by atoms with Gasteiger partial charge in [0, 0.05) is 73.8 Å². The summed E-state index contributed by atoms with van der Waals surface area (Å²) in [6.45, 7) is 2.11. The normalized spacial score (nSPS) is 16.4. The molecule has 0 aliphatic carbocycles. The molecule has 2 amide bonds. The number of ether oxygens (including phenoxy) is 1. The van der Waals surface area contributed by atoms with Crippen LogP contribution in [0, 0.1) is 0 Å². The molecule has 49 heavy (non-hydrogen) atoms. The molecule has 12 nitrogen and oxygen atoms in total. The molecular formula is C33H34BrF3N8O4. The van der Waals surface area contributed by atoms with Crippen LogP contribution in [0.4, 0.5) is 29.3 Å². The van der Waals surface area contributed by atoms with Gasteiger partial charge in [0.25, 0.3) is 5.91 Å². The number of nitrogens with zero attached hydrogens (tertiary/aromatic N) is 6. The molecule has 3 N–H and O–H groups in total. The molecule has 0 spiro atoms. The summed E-state index contributed by atoms with van der Waals surface area (Å²) in [4.78, 5) is 52.0. The van der Waals surface area contributed by atoms with Crippen molar-refractivity contribution in [1.29, 1.82) is 0 Å². The van der Waals surface area contributed by atoms with Gasteiger partial charge in [-0.3, -0.25) is 14.8 Å². The van der Waals surface area contributed by atoms with Crippen molar-refractivity contribution in [2.75, 3.05) is 49.9 Å². The highest BCUT2D eigenvalue weighted by atomic mass is 79.9. The van der Waals surface area contributed by atoms with E-state index in [1.807, 2.05) is 42.5 Å². The number of amides is 2. The first-order valence-electron chi connectivity index (χ1n) is 15.8. The number of nitrogen functional groups attached to an aromatic ring is 1. The van der Waals surface area contributed by atoms with Crippen molar-refractivity contribution in [2.45, 2.75) is 37.6 Å². The van der Waals surface area contributed by atoms with Crippen LogP contribution in [0.5, 0.6) is 0 Å². The van der Waals surface area contributed by atoms with E-state index in [9.17, 15) is 27.6 Å². The number of anilines is 2. The number of pyridine rings is 1. The van der Waals surface area contributed by atoms with Crippen molar-refractivity contribution in [2.24, 2.45) is 0 Å². The number of aromatic nitrogens is 4. The van der Waals surface area contributed by atoms with E-state index in [0.717, 1.165) is 17.3 Å². The van der Waals surface area contributed by atoms with Crippen molar-refractivity contribution < 1.29 is 27.5 Å². The predicted molar refractivity (Wildman–Crippen MR) is 179 cm³/mol. The smallest absolute Gasteiger partial charge is 0.418 e. The predicted octanol–water partition coefficient (Wildman–Crippen LogP) is 4.73. The van der Waals surface area contributed by atoms with Crippen molar-refractivity contribution in [3.8, 4) is 11.4 Å². The minimum Gasteiger partial charge on any atom is -0.436 e. The van der Waals surface area contributed by atoms with Crippen LogP contribution >= 0.6 is 15.9 Å². The number of H-pyrrole nitrogens is 1. The third kappa shape index (κ3) is 7.74. The van der Waals surface area contributed by atoms with Gasteiger partial charge in [-0.15, -0.1) is 5.10 Å². The van der Waals surface area contributed by atoms with Gasteiger partial charge >= 0.3 is 18.0 Å². The van der Waals surface area contributed by atoms with Gasteiger partial charge in [0.15, 0.2) is 11.9 Å². The number of nitrogens with one attached hydrogen (secondary N) is 1. The summed E-state index contributed by atoms with van der Waals surface area (Å²) in [5.41, 5.74) is 5.67. The first kappa shape index (κ1) is 34.0. The molecule has 0 bridgehead atoms. The Morgan fingerprint density at radius 1 is 0.980 bits per heavy atom. The van der Waals surface area contributed by atoms with Crippen molar-refractivity contribution in [3.05, 3.63) is 93.1 Å². The molecule has 16 heteroatoms. The molecule has 2 aromatic heterocycles. The molecule has 6 rings (SSSR count). The number of hydrogen-bond donors (Lipinski definition) is 2. The quantitative estimate of drug-likeness (QED) is 0.259. The van der Waals surface area contributed by atoms with Gasteiger partial charge in [-0.25, -0.2) is 14.3 Å². The van der Waals surface area contributed by atoms with Gasteiger partial charge in [-0.1, -0.05) is 30.3 Å². The Balaban J connectivity index is 1.16. The zero-order chi connectivity index (χ0) is 34.7. The van der Waals surface area contributed by atoms with Gasteiger partial charge in [0.1, 0.15) is 0 Å². The van der Waals surface area contributed by atoms with Gasteiger partial charge < -0.3 is 25.2 Å². The largest absolute Gasteiger partial charge is 0.436 e. The fourth-order valence-corrected chi connectivity index (χ4v) is 6.67. The lowest BCUT2D eigenvalue weighted by Crippen LogP contribution is -2.53. The van der Waals surface area contributed by atoms with Crippen LogP contribution in [0.2, 0.25) is 0 Å². The van der Waals surface area contributed by atoms with Crippen molar-refractivity contribution in [3.63, 3.8) is 0 Å². The van der Waals surface area contributed by atoms with Gasteiger partial charge in [-0.2, -0.15) is 13.2 Å². The lowest BCUT2D eigenvalue weighted by Gasteiger charge is -2.38. The number of rotatable bonds is 7. The van der Waals surface area contributed by atoms with Crippen molar-refractivity contribution in [1.82, 2.24) is 29.5 Å². The average Bonchev–Trinajstić information content (AvgIpc) is 3.51. The lowest BCUT2D eigenvalue weighted by molar-refractivity contribution is -0.141. The summed E-state index contributed by atoms with van der Waals surface area (Å²) >= 11 is 3.10. The molecule has 0 saturated carbocycles. The van der Waals surface area contributed by atoms with Crippen molar-refractivity contribution >= 4 is 39.3 Å². The summed E-state index contributed by atoms with van der Waals surface area (Å²) < 4.78 is 48.6. The first-order valence-corrected chi connectivity index (χ1v) is 16.6. The fraction of sp³-hybridized carbons (Fsp3) is 0.364. The molecule has 2 fully saturated rings. The highest BCUT2D eigenvalue weighted by molar-refractivity contribution is 9.10. The van der Waals surface area contributed by atoms with E-state index in [4.69, 9.17) is 10.5 Å². The second-order valence-corrected chi connectivity index (χ2v) is 12.8. The fourth-order valence-electron chi connectivity index (χ4n) is 6.16. The Morgan fingerprint density at radius 2 is 1.65 bits per heavy atom. The minimum absolute atomic E-state index is 0.0203. The molecule has 4 aromatic rings. The van der Waals surface area contributed by atoms with E-state index in [0.29, 0.717) is 44.8 Å². The summed E-state index contributed by atoms with van der Waals surface area (Å²) in [5, 5.41) is 4.47. The van der Waals surface area contributed by atoms with E-state index in [2.05, 4.69) is 35.9 Å². The van der Waals surface area contributed by atoms with Crippen LogP contribution in [-0.2, 0) is 22.1 Å². The summed E-state index contributed by atoms with van der Waals surface area (Å²) in [6, 6.07) is 15.0. The van der Waals surface area contributed by atoms with E-state index in [1.54, 1.807) is 17.3 Å². The van der Waals surface area contributed by atoms with Crippen LogP contribution in [-0.4, -0.2) is 86.9 Å². The zero-order valence-electron chi connectivity index (χ0n) is 26.3. The number of piperidine rings is 1. The first-order chi connectivity index (χ1) is 23.5. The third-order valence-corrected chi connectivity index (χ3v) is 9.47. The van der Waals surface area contributed by atoms with Gasteiger partial charge in [0.2, 0.25) is 0 Å². The van der Waals surface area contributed by atoms with E-state index in [-0.39, 0.29) is 41.3 Å². The number of piperazine rings is 1. The minimum atomic E-state index is -4.73. The van der Waals surface area contributed by atoms with Crippen LogP contribution in [0.1, 0.15) is 30.0 Å². The molecular weight excluding hydrogens is 709 g/mol. The van der Waals surface area contributed by atoms with E-state index in [1.165, 1.54) is 15.6 Å². The molecule has 2 aliphatic heterocycles. The number of aromatic amines is 1. The summed E-state index contributed by atoms with van der Waals surface area (Å²) in [6.07, 6.45) is -3.01. The molecule has 2 aliphatic rings. The zero-order valence-corrected chi connectivity index (χ0v) is 27.9. The Hall–Kier alpha value is -4.86. The Labute approximate surface area is 287 Å².